The first-order valence-electron chi connectivity index (χ1n) is 4.33. The van der Waals surface area contributed by atoms with Crippen LogP contribution in [0.25, 0.3) is 0 Å². The van der Waals surface area contributed by atoms with Gasteiger partial charge < -0.3 is 10.8 Å². The average Bonchev–Trinajstić information content (AvgIpc) is 2.14. The van der Waals surface area contributed by atoms with E-state index in [1.165, 1.54) is 5.56 Å². The summed E-state index contributed by atoms with van der Waals surface area (Å²) in [5.41, 5.74) is 6.85. The molecule has 0 unspecified atom stereocenters. The number of aliphatic hydroxyl groups is 1. The summed E-state index contributed by atoms with van der Waals surface area (Å²) in [4.78, 5) is 0. The molecule has 0 spiro atoms. The second kappa shape index (κ2) is 5.37. The van der Waals surface area contributed by atoms with Crippen molar-refractivity contribution in [1.29, 1.82) is 0 Å². The molecule has 1 aromatic rings. The van der Waals surface area contributed by atoms with Gasteiger partial charge in [-0.15, -0.1) is 0 Å². The first kappa shape index (κ1) is 10.7. The van der Waals surface area contributed by atoms with E-state index in [9.17, 15) is 0 Å². The number of nitrogens with two attached hydrogens (primary N) is 1. The van der Waals surface area contributed by atoms with Crippen LogP contribution in [0, 0.1) is 0 Å². The van der Waals surface area contributed by atoms with E-state index in [0.29, 0.717) is 0 Å². The van der Waals surface area contributed by atoms with Crippen LogP contribution in [-0.2, 0) is 6.42 Å². The molecule has 0 saturated carbocycles. The summed E-state index contributed by atoms with van der Waals surface area (Å²) in [6.07, 6.45) is 1.74. The molecule has 1 atom stereocenters. The molecule has 0 aliphatic rings. The van der Waals surface area contributed by atoms with Crippen LogP contribution in [0.3, 0.4) is 0 Å². The third-order valence-electron chi connectivity index (χ3n) is 1.93. The molecule has 1 aromatic carbocycles. The lowest BCUT2D eigenvalue weighted by molar-refractivity contribution is 0.260. The predicted octanol–water partition coefficient (Wildman–Crippen LogP) is 1.70. The number of halogens is 1. The molecule has 3 heteroatoms. The number of benzene rings is 1. The van der Waals surface area contributed by atoms with E-state index in [1.807, 2.05) is 12.1 Å². The largest absolute Gasteiger partial charge is 0.395 e. The molecule has 0 saturated heterocycles. The molecule has 0 aliphatic heterocycles. The van der Waals surface area contributed by atoms with E-state index < -0.39 is 0 Å². The summed E-state index contributed by atoms with van der Waals surface area (Å²) < 4.78 is 1.09. The molecule has 72 valence electrons. The Labute approximate surface area is 86.9 Å². The van der Waals surface area contributed by atoms with Crippen molar-refractivity contribution in [1.82, 2.24) is 0 Å². The Hall–Kier alpha value is -0.380. The van der Waals surface area contributed by atoms with Crippen LogP contribution >= 0.6 is 15.9 Å². The molecule has 0 amide bonds. The van der Waals surface area contributed by atoms with E-state index in [2.05, 4.69) is 28.1 Å². The smallest absolute Gasteiger partial charge is 0.0582 e. The molecule has 3 N–H and O–H groups in total. The fraction of sp³-hybridized carbons (Fsp3) is 0.400. The van der Waals surface area contributed by atoms with Crippen molar-refractivity contribution in [2.24, 2.45) is 5.73 Å². The lowest BCUT2D eigenvalue weighted by Crippen LogP contribution is -2.24. The molecule has 0 aromatic heterocycles. The number of rotatable bonds is 4. The zero-order valence-electron chi connectivity index (χ0n) is 7.41. The second-order valence-corrected chi connectivity index (χ2v) is 4.03. The van der Waals surface area contributed by atoms with Crippen LogP contribution in [0.4, 0.5) is 0 Å². The topological polar surface area (TPSA) is 46.2 Å². The van der Waals surface area contributed by atoms with Gasteiger partial charge in [-0.2, -0.15) is 0 Å². The molecule has 0 aliphatic carbocycles. The SMILES string of the molecule is N[C@@H](CO)CCc1cccc(Br)c1. The first-order valence-corrected chi connectivity index (χ1v) is 5.12. The standard InChI is InChI=1S/C10H14BrNO/c11-9-3-1-2-8(6-9)4-5-10(12)7-13/h1-3,6,10,13H,4-5,7,12H2/t10-/m1/s1. The van der Waals surface area contributed by atoms with Crippen LogP contribution < -0.4 is 5.73 Å². The van der Waals surface area contributed by atoms with E-state index in [-0.39, 0.29) is 12.6 Å². The minimum atomic E-state index is -0.0982. The first-order chi connectivity index (χ1) is 6.22. The summed E-state index contributed by atoms with van der Waals surface area (Å²) in [6, 6.07) is 8.04. The maximum atomic E-state index is 8.73. The molecule has 0 bridgehead atoms. The predicted molar refractivity (Wildman–Crippen MR) is 57.5 cm³/mol. The monoisotopic (exact) mass is 243 g/mol. The van der Waals surface area contributed by atoms with Crippen LogP contribution in [0.2, 0.25) is 0 Å². The maximum absolute atomic E-state index is 8.73. The highest BCUT2D eigenvalue weighted by Crippen LogP contribution is 2.13. The van der Waals surface area contributed by atoms with Gasteiger partial charge in [0.1, 0.15) is 0 Å². The molecule has 13 heavy (non-hydrogen) atoms. The number of aliphatic hydroxyl groups excluding tert-OH is 1. The molecule has 0 heterocycles. The fourth-order valence-electron chi connectivity index (χ4n) is 1.14. The van der Waals surface area contributed by atoms with Crippen molar-refractivity contribution in [2.75, 3.05) is 6.61 Å². The van der Waals surface area contributed by atoms with E-state index >= 15 is 0 Å². The summed E-state index contributed by atoms with van der Waals surface area (Å²) in [7, 11) is 0. The fourth-order valence-corrected chi connectivity index (χ4v) is 1.58. The van der Waals surface area contributed by atoms with Gasteiger partial charge in [-0.3, -0.25) is 0 Å². The Morgan fingerprint density at radius 1 is 1.46 bits per heavy atom. The quantitative estimate of drug-likeness (QED) is 0.846. The third-order valence-corrected chi connectivity index (χ3v) is 2.42. The summed E-state index contributed by atoms with van der Waals surface area (Å²) in [6.45, 7) is 0.0635. The van der Waals surface area contributed by atoms with Gasteiger partial charge >= 0.3 is 0 Å². The van der Waals surface area contributed by atoms with E-state index in [4.69, 9.17) is 10.8 Å². The molecule has 2 nitrogen and oxygen atoms in total. The normalized spacial score (nSPS) is 12.8. The van der Waals surface area contributed by atoms with Crippen molar-refractivity contribution in [3.8, 4) is 0 Å². The lowest BCUT2D eigenvalue weighted by Gasteiger charge is -2.07. The van der Waals surface area contributed by atoms with Crippen LogP contribution in [0.15, 0.2) is 28.7 Å². The molecular formula is C10H14BrNO. The van der Waals surface area contributed by atoms with Crippen LogP contribution in [-0.4, -0.2) is 17.8 Å². The Kier molecular flexibility index (Phi) is 4.42. The van der Waals surface area contributed by atoms with E-state index in [0.717, 1.165) is 17.3 Å². The summed E-state index contributed by atoms with van der Waals surface area (Å²) >= 11 is 3.41. The van der Waals surface area contributed by atoms with E-state index in [1.54, 1.807) is 0 Å². The van der Waals surface area contributed by atoms with Crippen molar-refractivity contribution >= 4 is 15.9 Å². The molecule has 0 fully saturated rings. The Morgan fingerprint density at radius 2 is 2.23 bits per heavy atom. The van der Waals surface area contributed by atoms with Gasteiger partial charge in [0.05, 0.1) is 6.61 Å². The van der Waals surface area contributed by atoms with Crippen molar-refractivity contribution < 1.29 is 5.11 Å². The number of hydrogen-bond acceptors (Lipinski definition) is 2. The molecule has 1 rings (SSSR count). The highest BCUT2D eigenvalue weighted by atomic mass is 79.9. The van der Waals surface area contributed by atoms with Gasteiger partial charge in [0.2, 0.25) is 0 Å². The van der Waals surface area contributed by atoms with Crippen molar-refractivity contribution in [3.05, 3.63) is 34.3 Å². The Balaban J connectivity index is 2.45. The van der Waals surface area contributed by atoms with Crippen molar-refractivity contribution in [2.45, 2.75) is 18.9 Å². The second-order valence-electron chi connectivity index (χ2n) is 3.11. The molecule has 0 radical (unpaired) electrons. The summed E-state index contributed by atoms with van der Waals surface area (Å²) in [5, 5.41) is 8.73. The highest BCUT2D eigenvalue weighted by Gasteiger charge is 2.00. The Bertz CT molecular complexity index is 265. The average molecular weight is 244 g/mol. The lowest BCUT2D eigenvalue weighted by atomic mass is 10.1. The van der Waals surface area contributed by atoms with Crippen LogP contribution in [0.5, 0.6) is 0 Å². The highest BCUT2D eigenvalue weighted by molar-refractivity contribution is 9.10. The molecular weight excluding hydrogens is 230 g/mol. The van der Waals surface area contributed by atoms with Gasteiger partial charge in [-0.05, 0) is 30.5 Å². The maximum Gasteiger partial charge on any atom is 0.0582 e. The number of hydrogen-bond donors (Lipinski definition) is 2. The zero-order chi connectivity index (χ0) is 9.68. The summed E-state index contributed by atoms with van der Waals surface area (Å²) in [5.74, 6) is 0. The van der Waals surface area contributed by atoms with Crippen molar-refractivity contribution in [3.63, 3.8) is 0 Å². The zero-order valence-corrected chi connectivity index (χ0v) is 9.00. The van der Waals surface area contributed by atoms with Gasteiger partial charge in [0, 0.05) is 10.5 Å². The number of aryl methyl sites for hydroxylation is 1. The van der Waals surface area contributed by atoms with Gasteiger partial charge in [0.15, 0.2) is 0 Å². The van der Waals surface area contributed by atoms with Crippen LogP contribution in [0.1, 0.15) is 12.0 Å². The minimum absolute atomic E-state index is 0.0635. The Morgan fingerprint density at radius 3 is 2.85 bits per heavy atom. The van der Waals surface area contributed by atoms with Gasteiger partial charge in [-0.25, -0.2) is 0 Å². The third kappa shape index (κ3) is 3.89. The van der Waals surface area contributed by atoms with Gasteiger partial charge in [-0.1, -0.05) is 28.1 Å². The minimum Gasteiger partial charge on any atom is -0.395 e. The van der Waals surface area contributed by atoms with Gasteiger partial charge in [0.25, 0.3) is 0 Å².